The minimum absolute atomic E-state index is 0.00226. The maximum atomic E-state index is 14.8. The molecule has 1 saturated heterocycles. The number of hydrogen-bond donors (Lipinski definition) is 1. The molecule has 146 valence electrons. The van der Waals surface area contributed by atoms with E-state index >= 15 is 0 Å². The van der Waals surface area contributed by atoms with Crippen molar-refractivity contribution in [3.8, 4) is 11.4 Å². The van der Waals surface area contributed by atoms with Crippen LogP contribution in [0.2, 0.25) is 0 Å². The van der Waals surface area contributed by atoms with E-state index in [1.165, 1.54) is 0 Å². The third kappa shape index (κ3) is 2.95. The van der Waals surface area contributed by atoms with Crippen LogP contribution in [0, 0.1) is 19.3 Å². The topological polar surface area (TPSA) is 102 Å². The van der Waals surface area contributed by atoms with Gasteiger partial charge < -0.3 is 4.52 Å². The highest BCUT2D eigenvalue weighted by Crippen LogP contribution is 2.70. The van der Waals surface area contributed by atoms with Crippen LogP contribution in [0.25, 0.3) is 11.4 Å². The van der Waals surface area contributed by atoms with Crippen molar-refractivity contribution in [2.45, 2.75) is 38.5 Å². The molecule has 0 radical (unpaired) electrons. The van der Waals surface area contributed by atoms with E-state index in [1.54, 1.807) is 0 Å². The van der Waals surface area contributed by atoms with Crippen molar-refractivity contribution in [3.05, 3.63) is 35.2 Å². The number of alkyl halides is 2. The van der Waals surface area contributed by atoms with Gasteiger partial charge in [-0.1, -0.05) is 22.9 Å². The zero-order valence-electron chi connectivity index (χ0n) is 14.9. The summed E-state index contributed by atoms with van der Waals surface area (Å²) in [6.45, 7) is 2.91. The molecule has 0 bridgehead atoms. The van der Waals surface area contributed by atoms with Crippen molar-refractivity contribution in [2.75, 3.05) is 13.1 Å². The summed E-state index contributed by atoms with van der Waals surface area (Å²) in [5.41, 5.74) is 1.45. The van der Waals surface area contributed by atoms with Gasteiger partial charge in [0.15, 0.2) is 0 Å². The van der Waals surface area contributed by atoms with Gasteiger partial charge in [-0.15, -0.1) is 0 Å². The predicted octanol–water partition coefficient (Wildman–Crippen LogP) is 2.37. The molecule has 4 rings (SSSR count). The van der Waals surface area contributed by atoms with E-state index in [9.17, 15) is 17.2 Å². The Labute approximate surface area is 155 Å². The lowest BCUT2D eigenvalue weighted by atomic mass is 9.88. The number of benzene rings is 1. The van der Waals surface area contributed by atoms with E-state index in [4.69, 9.17) is 9.66 Å². The van der Waals surface area contributed by atoms with Gasteiger partial charge in [-0.25, -0.2) is 13.9 Å². The molecule has 1 aromatic heterocycles. The van der Waals surface area contributed by atoms with Crippen LogP contribution in [0.4, 0.5) is 8.78 Å². The summed E-state index contributed by atoms with van der Waals surface area (Å²) in [5, 5.41) is 8.98. The third-order valence-electron chi connectivity index (χ3n) is 5.72. The Morgan fingerprint density at radius 1 is 1.33 bits per heavy atom. The molecule has 2 unspecified atom stereocenters. The van der Waals surface area contributed by atoms with E-state index in [2.05, 4.69) is 10.1 Å². The second-order valence-electron chi connectivity index (χ2n) is 7.52. The number of rotatable bonds is 3. The van der Waals surface area contributed by atoms with Gasteiger partial charge >= 0.3 is 0 Å². The second kappa shape index (κ2) is 5.79. The van der Waals surface area contributed by atoms with Gasteiger partial charge in [0.1, 0.15) is 0 Å². The van der Waals surface area contributed by atoms with Crippen LogP contribution in [0.15, 0.2) is 22.7 Å². The van der Waals surface area contributed by atoms with E-state index < -0.39 is 34.0 Å². The maximum absolute atomic E-state index is 14.8. The Kier molecular flexibility index (Phi) is 3.96. The fraction of sp³-hybridized carbons (Fsp3) is 0.529. The van der Waals surface area contributed by atoms with Crippen molar-refractivity contribution in [2.24, 2.45) is 10.6 Å². The monoisotopic (exact) mass is 398 g/mol. The minimum Gasteiger partial charge on any atom is -0.339 e. The number of halogens is 2. The summed E-state index contributed by atoms with van der Waals surface area (Å²) in [5.74, 6) is -3.24. The molecule has 1 spiro atoms. The molecule has 1 aromatic carbocycles. The van der Waals surface area contributed by atoms with Crippen LogP contribution in [0.5, 0.6) is 0 Å². The van der Waals surface area contributed by atoms with Crippen LogP contribution < -0.4 is 5.14 Å². The highest BCUT2D eigenvalue weighted by atomic mass is 32.2. The highest BCUT2D eigenvalue weighted by molar-refractivity contribution is 7.86. The quantitative estimate of drug-likeness (QED) is 0.855. The highest BCUT2D eigenvalue weighted by Gasteiger charge is 2.73. The number of piperidine rings is 1. The lowest BCUT2D eigenvalue weighted by Gasteiger charge is -2.37. The fourth-order valence-electron chi connectivity index (χ4n) is 3.95. The molecule has 0 amide bonds. The third-order valence-corrected chi connectivity index (χ3v) is 6.75. The van der Waals surface area contributed by atoms with Crippen LogP contribution in [-0.2, 0) is 10.2 Å². The van der Waals surface area contributed by atoms with Crippen molar-refractivity contribution >= 4 is 10.2 Å². The molecule has 2 N–H and O–H groups in total. The molecule has 7 nitrogen and oxygen atoms in total. The van der Waals surface area contributed by atoms with Gasteiger partial charge in [0.2, 0.25) is 11.7 Å². The lowest BCUT2D eigenvalue weighted by Crippen LogP contribution is -2.54. The zero-order valence-corrected chi connectivity index (χ0v) is 15.8. The largest absolute Gasteiger partial charge is 0.339 e. The van der Waals surface area contributed by atoms with Gasteiger partial charge in [-0.05, 0) is 38.3 Å². The molecule has 2 aliphatic rings. The average Bonchev–Trinajstić information content (AvgIpc) is 3.10. The number of nitrogens with zero attached hydrogens (tertiary/aromatic N) is 3. The molecule has 1 aliphatic heterocycles. The van der Waals surface area contributed by atoms with Crippen LogP contribution in [0.1, 0.15) is 35.8 Å². The van der Waals surface area contributed by atoms with E-state index in [-0.39, 0.29) is 25.3 Å². The Morgan fingerprint density at radius 3 is 2.74 bits per heavy atom. The van der Waals surface area contributed by atoms with Crippen LogP contribution >= 0.6 is 0 Å². The molecule has 2 fully saturated rings. The molecule has 10 heteroatoms. The number of nitrogens with two attached hydrogens (primary N) is 1. The first-order chi connectivity index (χ1) is 12.5. The molecule has 2 heterocycles. The summed E-state index contributed by atoms with van der Waals surface area (Å²) in [7, 11) is -4.14. The molecule has 1 saturated carbocycles. The van der Waals surface area contributed by atoms with Gasteiger partial charge in [0.25, 0.3) is 16.1 Å². The van der Waals surface area contributed by atoms with Gasteiger partial charge in [0.05, 0.1) is 12.5 Å². The van der Waals surface area contributed by atoms with Crippen molar-refractivity contribution in [3.63, 3.8) is 0 Å². The first kappa shape index (κ1) is 18.5. The molecule has 2 atom stereocenters. The number of hydrogen-bond acceptors (Lipinski definition) is 5. The second-order valence-corrected chi connectivity index (χ2v) is 9.07. The number of aromatic nitrogens is 2. The standard InChI is InChI=1S/C17H20F2N4O3S/c1-10-3-4-11(2)12(7-10)14-21-15(26-22-14)13-8-16(13)5-6-23(27(20,24)25)9-17(16,18)19/h3-4,7,13H,5-6,8-9H2,1-2H3,(H2,20,24,25). The maximum Gasteiger partial charge on any atom is 0.277 e. The molecular weight excluding hydrogens is 378 g/mol. The van der Waals surface area contributed by atoms with E-state index in [0.717, 1.165) is 16.7 Å². The summed E-state index contributed by atoms with van der Waals surface area (Å²) in [6.07, 6.45) is 0.190. The zero-order chi connectivity index (χ0) is 19.6. The lowest BCUT2D eigenvalue weighted by molar-refractivity contribution is -0.111. The molecule has 1 aliphatic carbocycles. The molecule has 2 aromatic rings. The van der Waals surface area contributed by atoms with Gasteiger partial charge in [-0.2, -0.15) is 17.7 Å². The Hall–Kier alpha value is -1.91. The van der Waals surface area contributed by atoms with Gasteiger partial charge in [0, 0.05) is 17.5 Å². The average molecular weight is 398 g/mol. The Morgan fingerprint density at radius 2 is 2.07 bits per heavy atom. The SMILES string of the molecule is Cc1ccc(C)c(-c2noc(C3CC34CCN(S(N)(=O)=O)CC4(F)F)n2)c1. The molecular formula is C17H20F2N4O3S. The van der Waals surface area contributed by atoms with Crippen molar-refractivity contribution in [1.29, 1.82) is 0 Å². The summed E-state index contributed by atoms with van der Waals surface area (Å²) >= 11 is 0. The van der Waals surface area contributed by atoms with Gasteiger partial charge in [-0.3, -0.25) is 0 Å². The summed E-state index contributed by atoms with van der Waals surface area (Å²) < 4.78 is 58.3. The summed E-state index contributed by atoms with van der Waals surface area (Å²) in [4.78, 5) is 4.36. The van der Waals surface area contributed by atoms with Crippen LogP contribution in [0.3, 0.4) is 0 Å². The minimum atomic E-state index is -4.14. The van der Waals surface area contributed by atoms with Crippen molar-refractivity contribution in [1.82, 2.24) is 14.4 Å². The van der Waals surface area contributed by atoms with E-state index in [1.807, 2.05) is 32.0 Å². The normalized spacial score (nSPS) is 27.8. The van der Waals surface area contributed by atoms with E-state index in [0.29, 0.717) is 10.1 Å². The molecule has 27 heavy (non-hydrogen) atoms. The summed E-state index contributed by atoms with van der Waals surface area (Å²) in [6, 6.07) is 5.83. The van der Waals surface area contributed by atoms with Crippen LogP contribution in [-0.4, -0.2) is 41.9 Å². The first-order valence-corrected chi connectivity index (χ1v) is 10.1. The Bertz CT molecular complexity index is 1010. The fourth-order valence-corrected chi connectivity index (χ4v) is 4.64. The first-order valence-electron chi connectivity index (χ1n) is 8.60. The number of aryl methyl sites for hydroxylation is 2. The smallest absolute Gasteiger partial charge is 0.277 e. The van der Waals surface area contributed by atoms with Crippen molar-refractivity contribution < 1.29 is 21.7 Å². The Balaban J connectivity index is 1.59. The predicted molar refractivity (Wildman–Crippen MR) is 93.2 cm³/mol.